The average molecular weight is 317 g/mol. The lowest BCUT2D eigenvalue weighted by atomic mass is 9.98. The molecule has 0 saturated carbocycles. The number of hydrogen-bond acceptors (Lipinski definition) is 2. The van der Waals surface area contributed by atoms with Gasteiger partial charge in [-0.3, -0.25) is 0 Å². The molecule has 2 aromatic carbocycles. The van der Waals surface area contributed by atoms with Crippen molar-refractivity contribution in [3.05, 3.63) is 59.7 Å². The third-order valence-electron chi connectivity index (χ3n) is 3.56. The number of hydrogen-bond donors (Lipinski definition) is 1. The van der Waals surface area contributed by atoms with Crippen molar-refractivity contribution in [3.8, 4) is 11.1 Å². The summed E-state index contributed by atoms with van der Waals surface area (Å²) in [5, 5.41) is 5.02. The summed E-state index contributed by atoms with van der Waals surface area (Å²) in [5.41, 5.74) is 4.64. The normalized spacial score (nSPS) is 11.8. The number of primary sulfonamides is 1. The molecule has 0 amide bonds. The quantitative estimate of drug-likeness (QED) is 0.888. The predicted octanol–water partition coefficient (Wildman–Crippen LogP) is 3.38. The maximum atomic E-state index is 11.0. The van der Waals surface area contributed by atoms with E-state index in [0.29, 0.717) is 12.3 Å². The van der Waals surface area contributed by atoms with Gasteiger partial charge in [0.15, 0.2) is 0 Å². The smallest absolute Gasteiger partial charge is 0.209 e. The van der Waals surface area contributed by atoms with Crippen LogP contribution < -0.4 is 5.14 Å². The van der Waals surface area contributed by atoms with Crippen molar-refractivity contribution in [1.82, 2.24) is 0 Å². The Morgan fingerprint density at radius 2 is 1.32 bits per heavy atom. The fraction of sp³-hybridized carbons (Fsp3) is 0.333. The van der Waals surface area contributed by atoms with E-state index in [0.717, 1.165) is 17.5 Å². The lowest BCUT2D eigenvalue weighted by molar-refractivity contribution is 0.597. The fourth-order valence-corrected chi connectivity index (χ4v) is 2.95. The topological polar surface area (TPSA) is 60.2 Å². The van der Waals surface area contributed by atoms with Gasteiger partial charge in [0.2, 0.25) is 10.0 Å². The van der Waals surface area contributed by atoms with Crippen molar-refractivity contribution < 1.29 is 8.42 Å². The van der Waals surface area contributed by atoms with Gasteiger partial charge < -0.3 is 0 Å². The lowest BCUT2D eigenvalue weighted by Gasteiger charge is -2.07. The van der Waals surface area contributed by atoms with Crippen LogP contribution in [0.1, 0.15) is 25.0 Å². The van der Waals surface area contributed by atoms with E-state index in [2.05, 4.69) is 38.1 Å². The Morgan fingerprint density at radius 3 is 1.73 bits per heavy atom. The Morgan fingerprint density at radius 1 is 0.864 bits per heavy atom. The molecule has 0 bridgehead atoms. The number of aryl methyl sites for hydroxylation is 1. The van der Waals surface area contributed by atoms with Gasteiger partial charge >= 0.3 is 0 Å². The zero-order chi connectivity index (χ0) is 16.2. The summed E-state index contributed by atoms with van der Waals surface area (Å²) in [6.45, 7) is 4.43. The minimum atomic E-state index is -3.40. The molecule has 0 radical (unpaired) electrons. The minimum absolute atomic E-state index is 0.0176. The predicted molar refractivity (Wildman–Crippen MR) is 92.1 cm³/mol. The van der Waals surface area contributed by atoms with Crippen molar-refractivity contribution in [2.24, 2.45) is 11.1 Å². The zero-order valence-electron chi connectivity index (χ0n) is 13.1. The van der Waals surface area contributed by atoms with Crippen LogP contribution in [0.2, 0.25) is 0 Å². The molecule has 0 aliphatic rings. The van der Waals surface area contributed by atoms with Crippen molar-refractivity contribution in [2.75, 3.05) is 5.75 Å². The average Bonchev–Trinajstić information content (AvgIpc) is 2.45. The molecule has 118 valence electrons. The molecule has 2 rings (SSSR count). The van der Waals surface area contributed by atoms with E-state index < -0.39 is 10.0 Å². The molecule has 22 heavy (non-hydrogen) atoms. The Balaban J connectivity index is 2.06. The van der Waals surface area contributed by atoms with Crippen molar-refractivity contribution >= 4 is 10.0 Å². The van der Waals surface area contributed by atoms with Gasteiger partial charge in [-0.2, -0.15) is 0 Å². The van der Waals surface area contributed by atoms with Crippen LogP contribution in [0.25, 0.3) is 11.1 Å². The molecule has 0 fully saturated rings. The van der Waals surface area contributed by atoms with Crippen molar-refractivity contribution in [3.63, 3.8) is 0 Å². The van der Waals surface area contributed by atoms with Crippen LogP contribution in [-0.2, 0) is 22.9 Å². The molecule has 2 aromatic rings. The van der Waals surface area contributed by atoms with Crippen LogP contribution >= 0.6 is 0 Å². The molecule has 2 N–H and O–H groups in total. The van der Waals surface area contributed by atoms with E-state index in [1.807, 2.05) is 24.3 Å². The minimum Gasteiger partial charge on any atom is -0.229 e. The van der Waals surface area contributed by atoms with Crippen LogP contribution in [0.3, 0.4) is 0 Å². The van der Waals surface area contributed by atoms with Gasteiger partial charge in [0.1, 0.15) is 0 Å². The first-order valence-corrected chi connectivity index (χ1v) is 9.24. The van der Waals surface area contributed by atoms with Gasteiger partial charge in [-0.1, -0.05) is 62.4 Å². The van der Waals surface area contributed by atoms with E-state index in [-0.39, 0.29) is 5.75 Å². The fourth-order valence-electron chi connectivity index (χ4n) is 2.43. The molecule has 0 heterocycles. The largest absolute Gasteiger partial charge is 0.229 e. The highest BCUT2D eigenvalue weighted by molar-refractivity contribution is 7.89. The monoisotopic (exact) mass is 317 g/mol. The number of rotatable bonds is 6. The van der Waals surface area contributed by atoms with Crippen LogP contribution in [0.4, 0.5) is 0 Å². The van der Waals surface area contributed by atoms with Crippen molar-refractivity contribution in [1.29, 1.82) is 0 Å². The van der Waals surface area contributed by atoms with E-state index in [4.69, 9.17) is 5.14 Å². The zero-order valence-corrected chi connectivity index (χ0v) is 13.9. The molecule has 0 saturated heterocycles. The Hall–Kier alpha value is -1.65. The molecule has 0 aromatic heterocycles. The van der Waals surface area contributed by atoms with Gasteiger partial charge in [-0.15, -0.1) is 0 Å². The highest BCUT2D eigenvalue weighted by Gasteiger charge is 2.04. The molecule has 3 nitrogen and oxygen atoms in total. The SMILES string of the molecule is CC(C)Cc1ccc(-c2ccc(CCS(N)(=O)=O)cc2)cc1. The Bertz CT molecular complexity index is 702. The van der Waals surface area contributed by atoms with E-state index in [1.165, 1.54) is 11.1 Å². The molecular weight excluding hydrogens is 294 g/mol. The van der Waals surface area contributed by atoms with E-state index >= 15 is 0 Å². The number of benzene rings is 2. The lowest BCUT2D eigenvalue weighted by Crippen LogP contribution is -2.17. The Labute approximate surface area is 133 Å². The summed E-state index contributed by atoms with van der Waals surface area (Å²) < 4.78 is 22.0. The molecule has 4 heteroatoms. The third-order valence-corrected chi connectivity index (χ3v) is 4.33. The second kappa shape index (κ2) is 7.07. The summed E-state index contributed by atoms with van der Waals surface area (Å²) in [6.07, 6.45) is 1.54. The van der Waals surface area contributed by atoms with Gasteiger partial charge in [0.05, 0.1) is 5.75 Å². The van der Waals surface area contributed by atoms with Gasteiger partial charge in [-0.05, 0) is 41.0 Å². The first kappa shape index (κ1) is 16.7. The number of nitrogens with two attached hydrogens (primary N) is 1. The maximum absolute atomic E-state index is 11.0. The second-order valence-corrected chi connectivity index (χ2v) is 7.84. The molecule has 0 aliphatic heterocycles. The summed E-state index contributed by atoms with van der Waals surface area (Å²) in [4.78, 5) is 0. The van der Waals surface area contributed by atoms with Gasteiger partial charge in [0.25, 0.3) is 0 Å². The van der Waals surface area contributed by atoms with Crippen LogP contribution in [0.5, 0.6) is 0 Å². The number of sulfonamides is 1. The molecular formula is C18H23NO2S. The standard InChI is InChI=1S/C18H23NO2S/c1-14(2)13-16-5-9-18(10-6-16)17-7-3-15(4-8-17)11-12-22(19,20)21/h3-10,14H,11-13H2,1-2H3,(H2,19,20,21). The molecule has 0 unspecified atom stereocenters. The first-order valence-electron chi connectivity index (χ1n) is 7.52. The van der Waals surface area contributed by atoms with Gasteiger partial charge in [0, 0.05) is 0 Å². The summed E-state index contributed by atoms with van der Waals surface area (Å²) >= 11 is 0. The van der Waals surface area contributed by atoms with Crippen LogP contribution in [0.15, 0.2) is 48.5 Å². The highest BCUT2D eigenvalue weighted by Crippen LogP contribution is 2.21. The Kier molecular flexibility index (Phi) is 5.37. The maximum Gasteiger partial charge on any atom is 0.209 e. The van der Waals surface area contributed by atoms with Crippen LogP contribution in [-0.4, -0.2) is 14.2 Å². The van der Waals surface area contributed by atoms with Gasteiger partial charge in [-0.25, -0.2) is 13.6 Å². The van der Waals surface area contributed by atoms with E-state index in [9.17, 15) is 8.42 Å². The highest BCUT2D eigenvalue weighted by atomic mass is 32.2. The molecule has 0 atom stereocenters. The van der Waals surface area contributed by atoms with E-state index in [1.54, 1.807) is 0 Å². The first-order chi connectivity index (χ1) is 10.3. The second-order valence-electron chi connectivity index (χ2n) is 6.11. The summed E-state index contributed by atoms with van der Waals surface area (Å²) in [6, 6.07) is 16.6. The molecule has 0 aliphatic carbocycles. The van der Waals surface area contributed by atoms with Crippen LogP contribution in [0, 0.1) is 5.92 Å². The summed E-state index contributed by atoms with van der Waals surface area (Å²) in [7, 11) is -3.40. The van der Waals surface area contributed by atoms with Crippen molar-refractivity contribution in [2.45, 2.75) is 26.7 Å². The summed E-state index contributed by atoms with van der Waals surface area (Å²) in [5.74, 6) is 0.639. The molecule has 0 spiro atoms. The third kappa shape index (κ3) is 5.28.